The monoisotopic (exact) mass is 211 g/mol. The van der Waals surface area contributed by atoms with Gasteiger partial charge >= 0.3 is 0 Å². The zero-order chi connectivity index (χ0) is 10.8. The Bertz CT molecular complexity index is 377. The van der Waals surface area contributed by atoms with Gasteiger partial charge < -0.3 is 0 Å². The molecule has 0 amide bonds. The third-order valence-corrected chi connectivity index (χ3v) is 3.87. The Balaban J connectivity index is 1.68. The van der Waals surface area contributed by atoms with Gasteiger partial charge in [0.05, 0.1) is 0 Å². The van der Waals surface area contributed by atoms with Crippen LogP contribution in [0.2, 0.25) is 0 Å². The van der Waals surface area contributed by atoms with Crippen molar-refractivity contribution in [3.63, 3.8) is 0 Å². The minimum atomic E-state index is 0.842. The number of benzene rings is 1. The zero-order valence-corrected chi connectivity index (χ0v) is 9.78. The summed E-state index contributed by atoms with van der Waals surface area (Å²) in [5.74, 6) is 0.842. The minimum absolute atomic E-state index is 0.842. The molecule has 0 N–H and O–H groups in total. The highest BCUT2D eigenvalue weighted by atomic mass is 14.2. The van der Waals surface area contributed by atoms with Gasteiger partial charge in [-0.05, 0) is 36.3 Å². The Morgan fingerprint density at radius 1 is 0.938 bits per heavy atom. The average Bonchev–Trinajstić information content (AvgIpc) is 3.15. The zero-order valence-electron chi connectivity index (χ0n) is 9.78. The Morgan fingerprint density at radius 3 is 2.25 bits per heavy atom. The maximum absolute atomic E-state index is 2.36. The lowest BCUT2D eigenvalue weighted by Gasteiger charge is -2.22. The molecule has 1 aromatic rings. The van der Waals surface area contributed by atoms with Crippen molar-refractivity contribution in [1.82, 2.24) is 0 Å². The van der Waals surface area contributed by atoms with Crippen molar-refractivity contribution < 1.29 is 0 Å². The van der Waals surface area contributed by atoms with E-state index in [-0.39, 0.29) is 0 Å². The van der Waals surface area contributed by atoms with Crippen molar-refractivity contribution in [2.75, 3.05) is 0 Å². The SMILES string of the molecule is [CH]1C=C1Cc1ccc(C2CCCCC2)cc1. The fourth-order valence-electron chi connectivity index (χ4n) is 2.76. The van der Waals surface area contributed by atoms with Crippen LogP contribution in [-0.4, -0.2) is 0 Å². The van der Waals surface area contributed by atoms with Crippen LogP contribution in [0.25, 0.3) is 0 Å². The molecule has 2 aliphatic rings. The van der Waals surface area contributed by atoms with E-state index in [9.17, 15) is 0 Å². The number of hydrogen-bond acceptors (Lipinski definition) is 0. The van der Waals surface area contributed by atoms with E-state index in [0.29, 0.717) is 0 Å². The molecule has 0 heterocycles. The quantitative estimate of drug-likeness (QED) is 0.694. The predicted octanol–water partition coefficient (Wildman–Crippen LogP) is 4.42. The van der Waals surface area contributed by atoms with Crippen molar-refractivity contribution in [2.24, 2.45) is 0 Å². The summed E-state index contributed by atoms with van der Waals surface area (Å²) in [6.45, 7) is 0. The van der Waals surface area contributed by atoms with Crippen LogP contribution in [0.1, 0.15) is 49.1 Å². The van der Waals surface area contributed by atoms with Gasteiger partial charge in [0.2, 0.25) is 0 Å². The topological polar surface area (TPSA) is 0 Å². The molecule has 0 heteroatoms. The fraction of sp³-hybridized carbons (Fsp3) is 0.438. The standard InChI is InChI=1S/C16H19/c1-2-4-15(5-3-1)16-10-8-14(9-11-16)12-13-6-7-13/h6-11,15H,1-5,12H2. The van der Waals surface area contributed by atoms with Crippen LogP contribution in [-0.2, 0) is 6.42 Å². The summed E-state index contributed by atoms with van der Waals surface area (Å²) in [6, 6.07) is 9.34. The van der Waals surface area contributed by atoms with Gasteiger partial charge in [0.25, 0.3) is 0 Å². The fourth-order valence-corrected chi connectivity index (χ4v) is 2.76. The largest absolute Gasteiger partial charge is 0.0763 e. The third kappa shape index (κ3) is 2.37. The average molecular weight is 211 g/mol. The first kappa shape index (κ1) is 10.1. The highest BCUT2D eigenvalue weighted by Crippen LogP contribution is 2.33. The van der Waals surface area contributed by atoms with Gasteiger partial charge in [0, 0.05) is 6.42 Å². The normalized spacial score (nSPS) is 20.6. The maximum atomic E-state index is 2.36. The molecule has 0 spiro atoms. The molecule has 0 saturated heterocycles. The van der Waals surface area contributed by atoms with Gasteiger partial charge in [0.1, 0.15) is 0 Å². The van der Waals surface area contributed by atoms with E-state index >= 15 is 0 Å². The summed E-state index contributed by atoms with van der Waals surface area (Å²) in [4.78, 5) is 0. The van der Waals surface area contributed by atoms with Crippen molar-refractivity contribution >= 4 is 0 Å². The van der Waals surface area contributed by atoms with E-state index in [2.05, 4.69) is 36.8 Å². The van der Waals surface area contributed by atoms with Gasteiger partial charge in [-0.2, -0.15) is 0 Å². The molecule has 0 unspecified atom stereocenters. The van der Waals surface area contributed by atoms with E-state index in [1.54, 1.807) is 5.56 Å². The second-order valence-electron chi connectivity index (χ2n) is 5.16. The molecular weight excluding hydrogens is 192 g/mol. The molecule has 1 aromatic carbocycles. The van der Waals surface area contributed by atoms with Crippen molar-refractivity contribution in [3.8, 4) is 0 Å². The first-order valence-electron chi connectivity index (χ1n) is 6.54. The van der Waals surface area contributed by atoms with Gasteiger partial charge in [-0.25, -0.2) is 0 Å². The van der Waals surface area contributed by atoms with E-state index in [1.807, 2.05) is 0 Å². The molecule has 0 bridgehead atoms. The molecule has 0 atom stereocenters. The molecule has 16 heavy (non-hydrogen) atoms. The summed E-state index contributed by atoms with van der Waals surface area (Å²) in [7, 11) is 0. The molecule has 1 radical (unpaired) electrons. The summed E-state index contributed by atoms with van der Waals surface area (Å²) in [5.41, 5.74) is 4.52. The van der Waals surface area contributed by atoms with Crippen LogP contribution >= 0.6 is 0 Å². The lowest BCUT2D eigenvalue weighted by atomic mass is 9.84. The van der Waals surface area contributed by atoms with Crippen LogP contribution in [0.15, 0.2) is 35.9 Å². The van der Waals surface area contributed by atoms with Gasteiger partial charge in [-0.3, -0.25) is 0 Å². The Hall–Kier alpha value is -1.04. The molecular formula is C16H19. The molecule has 1 fully saturated rings. The third-order valence-electron chi connectivity index (χ3n) is 3.87. The second kappa shape index (κ2) is 4.45. The van der Waals surface area contributed by atoms with E-state index in [1.165, 1.54) is 43.2 Å². The lowest BCUT2D eigenvalue weighted by Crippen LogP contribution is -2.04. The molecule has 2 aliphatic carbocycles. The first-order chi connectivity index (χ1) is 7.92. The highest BCUT2D eigenvalue weighted by molar-refractivity contribution is 5.43. The number of rotatable bonds is 3. The van der Waals surface area contributed by atoms with Gasteiger partial charge in [0.15, 0.2) is 0 Å². The van der Waals surface area contributed by atoms with Gasteiger partial charge in [-0.15, -0.1) is 0 Å². The van der Waals surface area contributed by atoms with E-state index < -0.39 is 0 Å². The Morgan fingerprint density at radius 2 is 1.62 bits per heavy atom. The molecule has 0 nitrogen and oxygen atoms in total. The van der Waals surface area contributed by atoms with Crippen molar-refractivity contribution in [2.45, 2.75) is 44.4 Å². The Kier molecular flexibility index (Phi) is 2.82. The molecule has 1 saturated carbocycles. The number of allylic oxidation sites excluding steroid dienone is 2. The van der Waals surface area contributed by atoms with Gasteiger partial charge in [-0.1, -0.05) is 55.2 Å². The van der Waals surface area contributed by atoms with Crippen LogP contribution in [0.3, 0.4) is 0 Å². The molecule has 3 rings (SSSR count). The lowest BCUT2D eigenvalue weighted by molar-refractivity contribution is 0.443. The molecule has 83 valence electrons. The van der Waals surface area contributed by atoms with E-state index in [0.717, 1.165) is 12.3 Å². The number of hydrogen-bond donors (Lipinski definition) is 0. The summed E-state index contributed by atoms with van der Waals surface area (Å²) < 4.78 is 0. The van der Waals surface area contributed by atoms with Crippen LogP contribution in [0, 0.1) is 6.42 Å². The minimum Gasteiger partial charge on any atom is -0.0763 e. The maximum Gasteiger partial charge on any atom is 0.00838 e. The molecule has 0 aromatic heterocycles. The summed E-state index contributed by atoms with van der Waals surface area (Å²) in [5, 5.41) is 0. The van der Waals surface area contributed by atoms with E-state index in [4.69, 9.17) is 0 Å². The smallest absolute Gasteiger partial charge is 0.00838 e. The molecule has 0 aliphatic heterocycles. The second-order valence-corrected chi connectivity index (χ2v) is 5.16. The highest BCUT2D eigenvalue weighted by Gasteiger charge is 2.15. The first-order valence-corrected chi connectivity index (χ1v) is 6.54. The van der Waals surface area contributed by atoms with Crippen LogP contribution < -0.4 is 0 Å². The summed E-state index contributed by atoms with van der Waals surface area (Å²) in [6.07, 6.45) is 12.6. The van der Waals surface area contributed by atoms with Crippen LogP contribution in [0.4, 0.5) is 0 Å². The van der Waals surface area contributed by atoms with Crippen LogP contribution in [0.5, 0.6) is 0 Å². The predicted molar refractivity (Wildman–Crippen MR) is 68.4 cm³/mol. The van der Waals surface area contributed by atoms with Crippen molar-refractivity contribution in [3.05, 3.63) is 53.5 Å². The Labute approximate surface area is 98.4 Å². The summed E-state index contributed by atoms with van der Waals surface area (Å²) >= 11 is 0. The van der Waals surface area contributed by atoms with Crippen molar-refractivity contribution in [1.29, 1.82) is 0 Å².